The topological polar surface area (TPSA) is 56.5 Å². The number of ether oxygens (including phenoxy) is 1. The van der Waals surface area contributed by atoms with Crippen LogP contribution in [0.3, 0.4) is 0 Å². The van der Waals surface area contributed by atoms with Gasteiger partial charge in [-0.1, -0.05) is 24.3 Å². The molecule has 0 spiro atoms. The molecule has 1 heterocycles. The second-order valence-electron chi connectivity index (χ2n) is 6.32. The molecule has 0 fully saturated rings. The van der Waals surface area contributed by atoms with Gasteiger partial charge in [-0.05, 0) is 61.2 Å². The minimum Gasteiger partial charge on any atom is -0.458 e. The zero-order valence-electron chi connectivity index (χ0n) is 15.0. The maximum Gasteiger partial charge on any atom is 0.336 e. The van der Waals surface area contributed by atoms with Crippen molar-refractivity contribution in [3.8, 4) is 0 Å². The van der Waals surface area contributed by atoms with E-state index in [4.69, 9.17) is 9.15 Å². The standard InChI is InChI=1S/C22H20O4/c1-14-6-4-5-7-17(14)8-9-21(23)25-13-18-12-22(24)26-20-11-16(3)15(2)10-19(18)20/h4-12H,13H2,1-3H3/b9-8+. The summed E-state index contributed by atoms with van der Waals surface area (Å²) in [6.45, 7) is 5.94. The van der Waals surface area contributed by atoms with Crippen LogP contribution in [0.25, 0.3) is 17.0 Å². The molecule has 0 aliphatic heterocycles. The van der Waals surface area contributed by atoms with Crippen LogP contribution in [0.2, 0.25) is 0 Å². The summed E-state index contributed by atoms with van der Waals surface area (Å²) in [7, 11) is 0. The molecule has 1 aromatic heterocycles. The van der Waals surface area contributed by atoms with E-state index < -0.39 is 11.6 Å². The van der Waals surface area contributed by atoms with Crippen molar-refractivity contribution < 1.29 is 13.9 Å². The molecular weight excluding hydrogens is 328 g/mol. The van der Waals surface area contributed by atoms with E-state index in [0.29, 0.717) is 11.1 Å². The molecule has 26 heavy (non-hydrogen) atoms. The molecule has 4 heteroatoms. The normalized spacial score (nSPS) is 11.2. The average molecular weight is 348 g/mol. The van der Waals surface area contributed by atoms with Gasteiger partial charge in [0.25, 0.3) is 0 Å². The Labute approximate surface area is 151 Å². The van der Waals surface area contributed by atoms with Gasteiger partial charge in [-0.2, -0.15) is 0 Å². The molecule has 132 valence electrons. The number of fused-ring (bicyclic) bond motifs is 1. The summed E-state index contributed by atoms with van der Waals surface area (Å²) >= 11 is 0. The highest BCUT2D eigenvalue weighted by Gasteiger charge is 2.09. The van der Waals surface area contributed by atoms with Crippen molar-refractivity contribution >= 4 is 23.0 Å². The summed E-state index contributed by atoms with van der Waals surface area (Å²) < 4.78 is 10.6. The fourth-order valence-electron chi connectivity index (χ4n) is 2.73. The maximum absolute atomic E-state index is 12.0. The highest BCUT2D eigenvalue weighted by Crippen LogP contribution is 2.22. The highest BCUT2D eigenvalue weighted by molar-refractivity contribution is 5.88. The largest absolute Gasteiger partial charge is 0.458 e. The molecule has 3 rings (SSSR count). The maximum atomic E-state index is 12.0. The quantitative estimate of drug-likeness (QED) is 0.396. The van der Waals surface area contributed by atoms with Gasteiger partial charge in [-0.3, -0.25) is 0 Å². The lowest BCUT2D eigenvalue weighted by Crippen LogP contribution is -2.06. The molecule has 0 bridgehead atoms. The van der Waals surface area contributed by atoms with E-state index in [0.717, 1.165) is 27.6 Å². The third kappa shape index (κ3) is 3.91. The van der Waals surface area contributed by atoms with Gasteiger partial charge in [0.1, 0.15) is 12.2 Å². The smallest absolute Gasteiger partial charge is 0.336 e. The van der Waals surface area contributed by atoms with Crippen LogP contribution in [0.15, 0.2) is 57.8 Å². The third-order valence-electron chi connectivity index (χ3n) is 4.40. The summed E-state index contributed by atoms with van der Waals surface area (Å²) in [5, 5.41) is 0.781. The van der Waals surface area contributed by atoms with Crippen LogP contribution in [0.4, 0.5) is 0 Å². The van der Waals surface area contributed by atoms with Crippen LogP contribution in [-0.2, 0) is 16.1 Å². The van der Waals surface area contributed by atoms with Crippen LogP contribution >= 0.6 is 0 Å². The average Bonchev–Trinajstić information content (AvgIpc) is 2.60. The Hall–Kier alpha value is -3.14. The molecule has 0 saturated heterocycles. The number of rotatable bonds is 4. The van der Waals surface area contributed by atoms with Gasteiger partial charge >= 0.3 is 11.6 Å². The van der Waals surface area contributed by atoms with E-state index in [2.05, 4.69) is 0 Å². The number of aryl methyl sites for hydroxylation is 3. The number of benzene rings is 2. The Morgan fingerprint density at radius 2 is 1.77 bits per heavy atom. The number of carbonyl (C=O) groups excluding carboxylic acids is 1. The zero-order valence-corrected chi connectivity index (χ0v) is 15.0. The molecule has 0 amide bonds. The second kappa shape index (κ2) is 7.40. The van der Waals surface area contributed by atoms with E-state index >= 15 is 0 Å². The van der Waals surface area contributed by atoms with Crippen molar-refractivity contribution in [2.24, 2.45) is 0 Å². The predicted molar refractivity (Wildman–Crippen MR) is 102 cm³/mol. The Morgan fingerprint density at radius 3 is 2.54 bits per heavy atom. The SMILES string of the molecule is Cc1cc2oc(=O)cc(COC(=O)/C=C/c3ccccc3C)c2cc1C. The molecule has 0 aliphatic rings. The Bertz CT molecular complexity index is 1060. The highest BCUT2D eigenvalue weighted by atomic mass is 16.5. The minimum absolute atomic E-state index is 0.0154. The lowest BCUT2D eigenvalue weighted by Gasteiger charge is -2.08. The molecular formula is C22H20O4. The van der Waals surface area contributed by atoms with Gasteiger partial charge in [0.15, 0.2) is 0 Å². The van der Waals surface area contributed by atoms with Gasteiger partial charge in [0, 0.05) is 23.1 Å². The third-order valence-corrected chi connectivity index (χ3v) is 4.40. The van der Waals surface area contributed by atoms with E-state index in [-0.39, 0.29) is 6.61 Å². The molecule has 2 aromatic carbocycles. The van der Waals surface area contributed by atoms with Crippen molar-refractivity contribution in [2.75, 3.05) is 0 Å². The molecule has 0 saturated carbocycles. The lowest BCUT2D eigenvalue weighted by molar-refractivity contribution is -0.138. The van der Waals surface area contributed by atoms with Gasteiger partial charge in [0.2, 0.25) is 0 Å². The van der Waals surface area contributed by atoms with Crippen molar-refractivity contribution in [1.82, 2.24) is 0 Å². The first-order valence-electron chi connectivity index (χ1n) is 8.38. The molecule has 0 atom stereocenters. The van der Waals surface area contributed by atoms with Crippen molar-refractivity contribution in [3.63, 3.8) is 0 Å². The second-order valence-corrected chi connectivity index (χ2v) is 6.32. The first-order valence-corrected chi connectivity index (χ1v) is 8.38. The molecule has 0 aliphatic carbocycles. The minimum atomic E-state index is -0.460. The van der Waals surface area contributed by atoms with Crippen LogP contribution in [0, 0.1) is 20.8 Å². The number of hydrogen-bond acceptors (Lipinski definition) is 4. The number of carbonyl (C=O) groups is 1. The van der Waals surface area contributed by atoms with Crippen molar-refractivity contribution in [2.45, 2.75) is 27.4 Å². The Kier molecular flexibility index (Phi) is 5.03. The lowest BCUT2D eigenvalue weighted by atomic mass is 10.0. The summed E-state index contributed by atoms with van der Waals surface area (Å²) in [6, 6.07) is 12.9. The molecule has 0 unspecified atom stereocenters. The van der Waals surface area contributed by atoms with Gasteiger partial charge in [0.05, 0.1) is 0 Å². The van der Waals surface area contributed by atoms with Gasteiger partial charge in [-0.15, -0.1) is 0 Å². The molecule has 4 nitrogen and oxygen atoms in total. The molecule has 0 radical (unpaired) electrons. The summed E-state index contributed by atoms with van der Waals surface area (Å²) in [5.74, 6) is -0.460. The Morgan fingerprint density at radius 1 is 1.04 bits per heavy atom. The predicted octanol–water partition coefficient (Wildman–Crippen LogP) is 4.47. The molecule has 0 N–H and O–H groups in total. The Balaban J connectivity index is 1.79. The van der Waals surface area contributed by atoms with Crippen LogP contribution < -0.4 is 5.63 Å². The van der Waals surface area contributed by atoms with Gasteiger partial charge in [-0.25, -0.2) is 9.59 Å². The first kappa shape index (κ1) is 17.7. The van der Waals surface area contributed by atoms with Crippen molar-refractivity contribution in [1.29, 1.82) is 0 Å². The van der Waals surface area contributed by atoms with Crippen molar-refractivity contribution in [3.05, 3.63) is 86.8 Å². The van der Waals surface area contributed by atoms with Crippen LogP contribution in [0.5, 0.6) is 0 Å². The van der Waals surface area contributed by atoms with Crippen LogP contribution in [0.1, 0.15) is 27.8 Å². The summed E-state index contributed by atoms with van der Waals surface area (Å²) in [4.78, 5) is 23.8. The number of hydrogen-bond donors (Lipinski definition) is 0. The zero-order chi connectivity index (χ0) is 18.7. The fraction of sp³-hybridized carbons (Fsp3) is 0.182. The van der Waals surface area contributed by atoms with E-state index in [1.54, 1.807) is 6.08 Å². The first-order chi connectivity index (χ1) is 12.4. The monoisotopic (exact) mass is 348 g/mol. The summed E-state index contributed by atoms with van der Waals surface area (Å²) in [6.07, 6.45) is 3.12. The fourth-order valence-corrected chi connectivity index (χ4v) is 2.73. The number of esters is 1. The van der Waals surface area contributed by atoms with Gasteiger partial charge < -0.3 is 9.15 Å². The van der Waals surface area contributed by atoms with Crippen LogP contribution in [-0.4, -0.2) is 5.97 Å². The van der Waals surface area contributed by atoms with E-state index in [1.165, 1.54) is 12.1 Å². The molecule has 3 aromatic rings. The van der Waals surface area contributed by atoms with E-state index in [9.17, 15) is 9.59 Å². The van der Waals surface area contributed by atoms with E-state index in [1.807, 2.05) is 57.2 Å². The summed E-state index contributed by atoms with van der Waals surface area (Å²) in [5.41, 5.74) is 4.84.